The molecule has 1 unspecified atom stereocenters. The van der Waals surface area contributed by atoms with Crippen LogP contribution in [0.3, 0.4) is 0 Å². The molecule has 1 heterocycles. The lowest BCUT2D eigenvalue weighted by molar-refractivity contribution is -0.143. The number of benzene rings is 1. The molecule has 0 aromatic heterocycles. The molecule has 0 saturated carbocycles. The number of hydrogen-bond donors (Lipinski definition) is 2. The molecular weight excluding hydrogens is 310 g/mol. The number of para-hydroxylation sites is 1. The molecule has 134 valence electrons. The van der Waals surface area contributed by atoms with Gasteiger partial charge >= 0.3 is 0 Å². The fourth-order valence-electron chi connectivity index (χ4n) is 2.96. The highest BCUT2D eigenvalue weighted by molar-refractivity contribution is 5.80. The van der Waals surface area contributed by atoms with Gasteiger partial charge in [0, 0.05) is 32.2 Å². The number of carbonyl (C=O) groups is 1. The average Bonchev–Trinajstić information content (AvgIpc) is 2.60. The second kappa shape index (κ2) is 8.46. The normalized spacial score (nSPS) is 18.0. The van der Waals surface area contributed by atoms with Gasteiger partial charge in [0.2, 0.25) is 0 Å². The third kappa shape index (κ3) is 4.69. The summed E-state index contributed by atoms with van der Waals surface area (Å²) in [6, 6.07) is 7.46. The quantitative estimate of drug-likeness (QED) is 0.775. The van der Waals surface area contributed by atoms with Gasteiger partial charge in [-0.3, -0.25) is 4.79 Å². The SMILES string of the molecule is Cc1ccccc1OCC(O)C(=O)N(C)CC1(CO)CCOCC1. The predicted octanol–water partition coefficient (Wildman–Crippen LogP) is 0.982. The summed E-state index contributed by atoms with van der Waals surface area (Å²) in [7, 11) is 1.65. The number of ether oxygens (including phenoxy) is 2. The van der Waals surface area contributed by atoms with E-state index in [-0.39, 0.29) is 18.6 Å². The first-order chi connectivity index (χ1) is 11.5. The third-order valence-corrected chi connectivity index (χ3v) is 4.61. The zero-order valence-electron chi connectivity index (χ0n) is 14.4. The molecule has 1 saturated heterocycles. The van der Waals surface area contributed by atoms with E-state index in [0.29, 0.717) is 38.3 Å². The molecule has 0 aliphatic carbocycles. The smallest absolute Gasteiger partial charge is 0.254 e. The van der Waals surface area contributed by atoms with Gasteiger partial charge in [-0.25, -0.2) is 0 Å². The minimum atomic E-state index is -1.23. The summed E-state index contributed by atoms with van der Waals surface area (Å²) in [5, 5.41) is 19.8. The van der Waals surface area contributed by atoms with Crippen LogP contribution in [0.25, 0.3) is 0 Å². The average molecular weight is 337 g/mol. The van der Waals surface area contributed by atoms with E-state index < -0.39 is 12.0 Å². The van der Waals surface area contributed by atoms with E-state index >= 15 is 0 Å². The molecule has 0 spiro atoms. The molecule has 2 N–H and O–H groups in total. The van der Waals surface area contributed by atoms with Crippen molar-refractivity contribution in [3.05, 3.63) is 29.8 Å². The van der Waals surface area contributed by atoms with E-state index in [4.69, 9.17) is 9.47 Å². The van der Waals surface area contributed by atoms with E-state index in [1.54, 1.807) is 13.1 Å². The van der Waals surface area contributed by atoms with Crippen molar-refractivity contribution in [2.24, 2.45) is 5.41 Å². The Balaban J connectivity index is 1.88. The second-order valence-electron chi connectivity index (χ2n) is 6.56. The van der Waals surface area contributed by atoms with E-state index in [0.717, 1.165) is 5.56 Å². The van der Waals surface area contributed by atoms with Crippen LogP contribution in [0.5, 0.6) is 5.75 Å². The molecule has 1 fully saturated rings. The highest BCUT2D eigenvalue weighted by atomic mass is 16.5. The van der Waals surface area contributed by atoms with E-state index in [1.165, 1.54) is 4.90 Å². The van der Waals surface area contributed by atoms with Crippen molar-refractivity contribution in [2.75, 3.05) is 40.0 Å². The fraction of sp³-hybridized carbons (Fsp3) is 0.611. The lowest BCUT2D eigenvalue weighted by Crippen LogP contribution is -2.48. The first kappa shape index (κ1) is 18.7. The van der Waals surface area contributed by atoms with Gasteiger partial charge < -0.3 is 24.6 Å². The molecular formula is C18H27NO5. The summed E-state index contributed by atoms with van der Waals surface area (Å²) < 4.78 is 10.9. The fourth-order valence-corrected chi connectivity index (χ4v) is 2.96. The Morgan fingerprint density at radius 1 is 1.38 bits per heavy atom. The lowest BCUT2D eigenvalue weighted by atomic mass is 9.80. The Morgan fingerprint density at radius 3 is 2.67 bits per heavy atom. The summed E-state index contributed by atoms with van der Waals surface area (Å²) in [4.78, 5) is 13.8. The van der Waals surface area contributed by atoms with Gasteiger partial charge in [-0.2, -0.15) is 0 Å². The Labute approximate surface area is 143 Å². The summed E-state index contributed by atoms with van der Waals surface area (Å²) in [5.41, 5.74) is 0.603. The standard InChI is InChI=1S/C18H27NO5/c1-14-5-3-4-6-16(14)24-11-15(21)17(22)19(2)12-18(13-20)7-9-23-10-8-18/h3-6,15,20-21H,7-13H2,1-2H3. The molecule has 1 aliphatic heterocycles. The van der Waals surface area contributed by atoms with Gasteiger partial charge in [-0.15, -0.1) is 0 Å². The lowest BCUT2D eigenvalue weighted by Gasteiger charge is -2.38. The Morgan fingerprint density at radius 2 is 2.04 bits per heavy atom. The van der Waals surface area contributed by atoms with Gasteiger partial charge in [0.1, 0.15) is 12.4 Å². The van der Waals surface area contributed by atoms with Gasteiger partial charge in [0.25, 0.3) is 5.91 Å². The molecule has 6 heteroatoms. The van der Waals surface area contributed by atoms with Crippen molar-refractivity contribution in [3.8, 4) is 5.75 Å². The van der Waals surface area contributed by atoms with Crippen LogP contribution in [0.15, 0.2) is 24.3 Å². The highest BCUT2D eigenvalue weighted by Crippen LogP contribution is 2.30. The van der Waals surface area contributed by atoms with E-state index in [9.17, 15) is 15.0 Å². The van der Waals surface area contributed by atoms with Gasteiger partial charge in [0.15, 0.2) is 6.10 Å². The topological polar surface area (TPSA) is 79.2 Å². The second-order valence-corrected chi connectivity index (χ2v) is 6.56. The van der Waals surface area contributed by atoms with E-state index in [2.05, 4.69) is 0 Å². The molecule has 1 aromatic carbocycles. The zero-order valence-corrected chi connectivity index (χ0v) is 14.4. The first-order valence-corrected chi connectivity index (χ1v) is 8.27. The van der Waals surface area contributed by atoms with Crippen LogP contribution < -0.4 is 4.74 Å². The van der Waals surface area contributed by atoms with Gasteiger partial charge in [-0.1, -0.05) is 18.2 Å². The van der Waals surface area contributed by atoms with Crippen LogP contribution in [0.1, 0.15) is 18.4 Å². The summed E-state index contributed by atoms with van der Waals surface area (Å²) in [5.74, 6) is 0.256. The van der Waals surface area contributed by atoms with Gasteiger partial charge in [0.05, 0.1) is 6.61 Å². The zero-order chi connectivity index (χ0) is 17.6. The number of amides is 1. The van der Waals surface area contributed by atoms with Crippen molar-refractivity contribution in [1.82, 2.24) is 4.90 Å². The molecule has 1 amide bonds. The van der Waals surface area contributed by atoms with Crippen molar-refractivity contribution >= 4 is 5.91 Å². The summed E-state index contributed by atoms with van der Waals surface area (Å²) >= 11 is 0. The number of hydrogen-bond acceptors (Lipinski definition) is 5. The van der Waals surface area contributed by atoms with Crippen LogP contribution in [-0.2, 0) is 9.53 Å². The molecule has 0 radical (unpaired) electrons. The minimum absolute atomic E-state index is 0.00376. The number of aliphatic hydroxyl groups is 2. The molecule has 1 aromatic rings. The number of nitrogens with zero attached hydrogens (tertiary/aromatic N) is 1. The molecule has 24 heavy (non-hydrogen) atoms. The maximum absolute atomic E-state index is 12.4. The van der Waals surface area contributed by atoms with Crippen LogP contribution in [-0.4, -0.2) is 67.1 Å². The third-order valence-electron chi connectivity index (χ3n) is 4.61. The predicted molar refractivity (Wildman–Crippen MR) is 89.9 cm³/mol. The Hall–Kier alpha value is -1.63. The Bertz CT molecular complexity index is 542. The number of rotatable bonds is 7. The van der Waals surface area contributed by atoms with Crippen molar-refractivity contribution in [2.45, 2.75) is 25.9 Å². The number of aryl methyl sites for hydroxylation is 1. The molecule has 2 rings (SSSR count). The largest absolute Gasteiger partial charge is 0.490 e. The van der Waals surface area contributed by atoms with Crippen molar-refractivity contribution < 1.29 is 24.5 Å². The first-order valence-electron chi connectivity index (χ1n) is 8.27. The highest BCUT2D eigenvalue weighted by Gasteiger charge is 2.35. The van der Waals surface area contributed by atoms with E-state index in [1.807, 2.05) is 25.1 Å². The van der Waals surface area contributed by atoms with Crippen LogP contribution in [0.2, 0.25) is 0 Å². The van der Waals surface area contributed by atoms with Crippen LogP contribution in [0.4, 0.5) is 0 Å². The maximum Gasteiger partial charge on any atom is 0.254 e. The molecule has 1 atom stereocenters. The molecule has 6 nitrogen and oxygen atoms in total. The van der Waals surface area contributed by atoms with Crippen LogP contribution >= 0.6 is 0 Å². The minimum Gasteiger partial charge on any atom is -0.490 e. The van der Waals surface area contributed by atoms with Crippen LogP contribution in [0, 0.1) is 12.3 Å². The Kier molecular flexibility index (Phi) is 6.60. The van der Waals surface area contributed by atoms with Gasteiger partial charge in [-0.05, 0) is 31.4 Å². The summed E-state index contributed by atoms with van der Waals surface area (Å²) in [6.45, 7) is 3.38. The number of carbonyl (C=O) groups excluding carboxylic acids is 1. The molecule has 1 aliphatic rings. The van der Waals surface area contributed by atoms with Crippen molar-refractivity contribution in [1.29, 1.82) is 0 Å². The molecule has 0 bridgehead atoms. The van der Waals surface area contributed by atoms with Crippen molar-refractivity contribution in [3.63, 3.8) is 0 Å². The summed E-state index contributed by atoms with van der Waals surface area (Å²) in [6.07, 6.45) is 0.179. The number of aliphatic hydroxyl groups excluding tert-OH is 2. The number of likely N-dealkylation sites (N-methyl/N-ethyl adjacent to an activating group) is 1. The maximum atomic E-state index is 12.4. The monoisotopic (exact) mass is 337 g/mol.